The summed E-state index contributed by atoms with van der Waals surface area (Å²) in [5.74, 6) is -0.936. The third-order valence-corrected chi connectivity index (χ3v) is 4.07. The molecule has 26 heavy (non-hydrogen) atoms. The second kappa shape index (κ2) is 8.44. The van der Waals surface area contributed by atoms with E-state index in [4.69, 9.17) is 14.6 Å². The van der Waals surface area contributed by atoms with Crippen LogP contribution in [0.1, 0.15) is 18.4 Å². The van der Waals surface area contributed by atoms with E-state index < -0.39 is 18.2 Å². The smallest absolute Gasteiger partial charge is 0.332 e. The molecule has 1 fully saturated rings. The number of pyridine rings is 1. The fraction of sp³-hybridized carbons (Fsp3) is 0.316. The summed E-state index contributed by atoms with van der Waals surface area (Å²) in [6.45, 7) is 0.509. The normalized spacial score (nSPS) is 19.1. The van der Waals surface area contributed by atoms with Crippen LogP contribution in [0.5, 0.6) is 5.88 Å². The fourth-order valence-corrected chi connectivity index (χ4v) is 2.69. The molecule has 7 nitrogen and oxygen atoms in total. The number of nitrogens with zero attached hydrogens (tertiary/aromatic N) is 1. The second-order valence-corrected chi connectivity index (χ2v) is 5.99. The Morgan fingerprint density at radius 1 is 1.15 bits per heavy atom. The summed E-state index contributed by atoms with van der Waals surface area (Å²) in [5.41, 5.74) is 1.69. The van der Waals surface area contributed by atoms with Gasteiger partial charge in [-0.3, -0.25) is 4.79 Å². The van der Waals surface area contributed by atoms with E-state index in [2.05, 4.69) is 10.3 Å². The van der Waals surface area contributed by atoms with Crippen molar-refractivity contribution in [3.05, 3.63) is 54.2 Å². The molecular weight excluding hydrogens is 336 g/mol. The Kier molecular flexibility index (Phi) is 5.80. The first-order valence-electron chi connectivity index (χ1n) is 8.44. The molecule has 7 heteroatoms. The fourth-order valence-electron chi connectivity index (χ4n) is 2.69. The van der Waals surface area contributed by atoms with Gasteiger partial charge in [0.1, 0.15) is 6.10 Å². The molecule has 136 valence electrons. The van der Waals surface area contributed by atoms with E-state index in [0.29, 0.717) is 31.0 Å². The molecule has 0 unspecified atom stereocenters. The van der Waals surface area contributed by atoms with E-state index in [9.17, 15) is 9.59 Å². The molecule has 2 aromatic rings. The van der Waals surface area contributed by atoms with Crippen LogP contribution in [-0.4, -0.2) is 40.8 Å². The van der Waals surface area contributed by atoms with Crippen molar-refractivity contribution in [3.8, 4) is 5.88 Å². The average molecular weight is 356 g/mol. The van der Waals surface area contributed by atoms with E-state index in [0.717, 1.165) is 6.42 Å². The third kappa shape index (κ3) is 4.80. The molecule has 2 N–H and O–H groups in total. The van der Waals surface area contributed by atoms with Crippen LogP contribution in [0.4, 0.5) is 5.69 Å². The molecule has 1 aliphatic rings. The predicted octanol–water partition coefficient (Wildman–Crippen LogP) is 2.27. The van der Waals surface area contributed by atoms with Crippen molar-refractivity contribution >= 4 is 17.6 Å². The van der Waals surface area contributed by atoms with Crippen molar-refractivity contribution < 1.29 is 24.2 Å². The number of anilines is 1. The standard InChI is InChI=1S/C19H20N2O5/c22-18(15-7-8-16(26-15)19(23)24)21-14-6-9-17(20-12-14)25-11-10-13-4-2-1-3-5-13/h1-6,9,12,15-16H,7-8,10-11H2,(H,21,22)(H,23,24)/t15-,16+/m0/s1. The van der Waals surface area contributed by atoms with Crippen LogP contribution in [0, 0.1) is 0 Å². The van der Waals surface area contributed by atoms with Crippen molar-refractivity contribution in [2.45, 2.75) is 31.5 Å². The predicted molar refractivity (Wildman–Crippen MR) is 94.0 cm³/mol. The van der Waals surface area contributed by atoms with Gasteiger partial charge in [0.05, 0.1) is 18.5 Å². The number of carbonyl (C=O) groups is 2. The highest BCUT2D eigenvalue weighted by Crippen LogP contribution is 2.21. The lowest BCUT2D eigenvalue weighted by Crippen LogP contribution is -2.29. The number of carboxylic acids is 1. The summed E-state index contributed by atoms with van der Waals surface area (Å²) < 4.78 is 10.8. The van der Waals surface area contributed by atoms with Gasteiger partial charge in [-0.05, 0) is 24.5 Å². The maximum Gasteiger partial charge on any atom is 0.332 e. The highest BCUT2D eigenvalue weighted by Gasteiger charge is 2.34. The molecule has 0 saturated carbocycles. The maximum absolute atomic E-state index is 12.1. The van der Waals surface area contributed by atoms with Crippen LogP contribution in [0.3, 0.4) is 0 Å². The topological polar surface area (TPSA) is 97.8 Å². The largest absolute Gasteiger partial charge is 0.479 e. The zero-order valence-corrected chi connectivity index (χ0v) is 14.1. The minimum Gasteiger partial charge on any atom is -0.479 e. The number of nitrogens with one attached hydrogen (secondary N) is 1. The Bertz CT molecular complexity index is 748. The van der Waals surface area contributed by atoms with Crippen molar-refractivity contribution in [3.63, 3.8) is 0 Å². The van der Waals surface area contributed by atoms with Crippen LogP contribution in [-0.2, 0) is 20.7 Å². The lowest BCUT2D eigenvalue weighted by Gasteiger charge is -2.12. The van der Waals surface area contributed by atoms with E-state index in [1.807, 2.05) is 30.3 Å². The zero-order valence-electron chi connectivity index (χ0n) is 14.1. The SMILES string of the molecule is O=C(Nc1ccc(OCCc2ccccc2)nc1)[C@@H]1CC[C@H](C(=O)O)O1. The number of rotatable bonds is 7. The van der Waals surface area contributed by atoms with Crippen LogP contribution < -0.4 is 10.1 Å². The first-order chi connectivity index (χ1) is 12.6. The van der Waals surface area contributed by atoms with Crippen LogP contribution in [0.25, 0.3) is 0 Å². The molecule has 2 atom stereocenters. The number of aliphatic carboxylic acids is 1. The number of carbonyl (C=O) groups excluding carboxylic acids is 1. The molecular formula is C19H20N2O5. The number of aromatic nitrogens is 1. The van der Waals surface area contributed by atoms with Gasteiger partial charge < -0.3 is 19.9 Å². The molecule has 0 radical (unpaired) electrons. The van der Waals surface area contributed by atoms with Crippen LogP contribution in [0.2, 0.25) is 0 Å². The summed E-state index contributed by atoms with van der Waals surface area (Å²) in [6.07, 6.45) is 1.34. The minimum absolute atomic E-state index is 0.333. The van der Waals surface area contributed by atoms with Crippen LogP contribution >= 0.6 is 0 Å². The van der Waals surface area contributed by atoms with Gasteiger partial charge in [-0.2, -0.15) is 0 Å². The van der Waals surface area contributed by atoms with Gasteiger partial charge in [0.2, 0.25) is 5.88 Å². The summed E-state index contributed by atoms with van der Waals surface area (Å²) in [6, 6.07) is 13.4. The molecule has 2 heterocycles. The average Bonchev–Trinajstić information content (AvgIpc) is 3.15. The van der Waals surface area contributed by atoms with E-state index >= 15 is 0 Å². The van der Waals surface area contributed by atoms with Crippen LogP contribution in [0.15, 0.2) is 48.7 Å². The van der Waals surface area contributed by atoms with E-state index in [1.165, 1.54) is 11.8 Å². The summed E-state index contributed by atoms with van der Waals surface area (Å²) in [4.78, 5) is 27.1. The van der Waals surface area contributed by atoms with Gasteiger partial charge in [0.15, 0.2) is 6.10 Å². The summed E-state index contributed by atoms with van der Waals surface area (Å²) >= 11 is 0. The third-order valence-electron chi connectivity index (χ3n) is 4.07. The van der Waals surface area contributed by atoms with Crippen molar-refractivity contribution in [1.82, 2.24) is 4.98 Å². The Morgan fingerprint density at radius 3 is 2.58 bits per heavy atom. The van der Waals surface area contributed by atoms with Crippen molar-refractivity contribution in [1.29, 1.82) is 0 Å². The van der Waals surface area contributed by atoms with Gasteiger partial charge >= 0.3 is 5.97 Å². The molecule has 0 spiro atoms. The molecule has 1 aromatic carbocycles. The van der Waals surface area contributed by atoms with Crippen molar-refractivity contribution in [2.75, 3.05) is 11.9 Å². The van der Waals surface area contributed by atoms with E-state index in [1.54, 1.807) is 12.1 Å². The lowest BCUT2D eigenvalue weighted by atomic mass is 10.2. The summed E-state index contributed by atoms with van der Waals surface area (Å²) in [5, 5.41) is 11.6. The highest BCUT2D eigenvalue weighted by molar-refractivity contribution is 5.94. The Morgan fingerprint density at radius 2 is 1.92 bits per heavy atom. The molecule has 3 rings (SSSR count). The number of hydrogen-bond donors (Lipinski definition) is 2. The van der Waals surface area contributed by atoms with Crippen molar-refractivity contribution in [2.24, 2.45) is 0 Å². The van der Waals surface area contributed by atoms with Gasteiger partial charge in [-0.25, -0.2) is 9.78 Å². The quantitative estimate of drug-likeness (QED) is 0.790. The Balaban J connectivity index is 1.45. The monoisotopic (exact) mass is 356 g/mol. The zero-order chi connectivity index (χ0) is 18.4. The number of carboxylic acid groups (broad SMARTS) is 1. The number of hydrogen-bond acceptors (Lipinski definition) is 5. The Labute approximate surface area is 151 Å². The van der Waals surface area contributed by atoms with E-state index in [-0.39, 0.29) is 5.91 Å². The first kappa shape index (κ1) is 17.9. The van der Waals surface area contributed by atoms with Gasteiger partial charge in [-0.1, -0.05) is 30.3 Å². The Hall–Kier alpha value is -2.93. The highest BCUT2D eigenvalue weighted by atomic mass is 16.5. The summed E-state index contributed by atoms with van der Waals surface area (Å²) in [7, 11) is 0. The number of benzene rings is 1. The molecule has 1 aromatic heterocycles. The maximum atomic E-state index is 12.1. The van der Waals surface area contributed by atoms with Gasteiger partial charge in [0.25, 0.3) is 5.91 Å². The number of ether oxygens (including phenoxy) is 2. The number of amides is 1. The molecule has 1 amide bonds. The molecule has 1 aliphatic heterocycles. The lowest BCUT2D eigenvalue weighted by molar-refractivity contribution is -0.150. The minimum atomic E-state index is -1.04. The molecule has 0 bridgehead atoms. The molecule has 0 aliphatic carbocycles. The first-order valence-corrected chi connectivity index (χ1v) is 8.44. The van der Waals surface area contributed by atoms with Gasteiger partial charge in [-0.15, -0.1) is 0 Å². The second-order valence-electron chi connectivity index (χ2n) is 5.99. The van der Waals surface area contributed by atoms with Gasteiger partial charge in [0, 0.05) is 12.5 Å². The molecule has 1 saturated heterocycles.